The molecule has 0 bridgehead atoms. The second-order valence-electron chi connectivity index (χ2n) is 8.40. The zero-order valence-corrected chi connectivity index (χ0v) is 18.0. The highest BCUT2D eigenvalue weighted by Crippen LogP contribution is 2.44. The van der Waals surface area contributed by atoms with Crippen molar-refractivity contribution in [3.05, 3.63) is 29.8 Å². The molecule has 3 aliphatic rings. The van der Waals surface area contributed by atoms with Gasteiger partial charge in [0.15, 0.2) is 0 Å². The number of esters is 1. The van der Waals surface area contributed by atoms with Crippen LogP contribution in [0.1, 0.15) is 31.2 Å². The van der Waals surface area contributed by atoms with Gasteiger partial charge in [0.05, 0.1) is 17.0 Å². The molecule has 4 rings (SSSR count). The second-order valence-corrected chi connectivity index (χ2v) is 9.28. The van der Waals surface area contributed by atoms with E-state index in [0.29, 0.717) is 5.56 Å². The van der Waals surface area contributed by atoms with E-state index in [0.717, 1.165) is 71.5 Å². The van der Waals surface area contributed by atoms with Gasteiger partial charge in [-0.2, -0.15) is 5.26 Å². The lowest BCUT2D eigenvalue weighted by atomic mass is 9.76. The molecule has 0 amide bonds. The highest BCUT2D eigenvalue weighted by atomic mass is 32.2. The summed E-state index contributed by atoms with van der Waals surface area (Å²) in [5, 5.41) is 8.94. The molecule has 0 radical (unpaired) electrons. The van der Waals surface area contributed by atoms with E-state index >= 15 is 0 Å². The van der Waals surface area contributed by atoms with Crippen LogP contribution in [0.25, 0.3) is 0 Å². The summed E-state index contributed by atoms with van der Waals surface area (Å²) < 4.78 is 8.15. The Hall–Kier alpha value is -1.75. The summed E-state index contributed by atoms with van der Waals surface area (Å²) in [5.41, 5.74) is 1.67. The molecular weight excluding hydrogens is 384 g/mol. The fourth-order valence-corrected chi connectivity index (χ4v) is 5.35. The third-order valence-corrected chi connectivity index (χ3v) is 7.65. The summed E-state index contributed by atoms with van der Waals surface area (Å²) in [5.74, 6) is 0.0499. The number of cyclic esters (lactones) is 1. The molecule has 6 nitrogen and oxygen atoms in total. The van der Waals surface area contributed by atoms with Crippen LogP contribution in [0.4, 0.5) is 5.69 Å². The third-order valence-electron chi connectivity index (χ3n) is 6.76. The topological polar surface area (TPSA) is 59.8 Å². The Kier molecular flexibility index (Phi) is 6.33. The lowest BCUT2D eigenvalue weighted by Gasteiger charge is -2.36. The fourth-order valence-electron chi connectivity index (χ4n) is 4.81. The number of anilines is 1. The second kappa shape index (κ2) is 8.95. The Balaban J connectivity index is 1.22. The van der Waals surface area contributed by atoms with Gasteiger partial charge in [-0.3, -0.25) is 14.0 Å². The molecule has 1 unspecified atom stereocenters. The van der Waals surface area contributed by atoms with Gasteiger partial charge >= 0.3 is 5.97 Å². The van der Waals surface area contributed by atoms with Crippen molar-refractivity contribution in [2.45, 2.75) is 31.8 Å². The molecule has 0 N–H and O–H groups in total. The van der Waals surface area contributed by atoms with Crippen LogP contribution in [0.15, 0.2) is 24.3 Å². The molecule has 3 saturated heterocycles. The van der Waals surface area contributed by atoms with Crippen molar-refractivity contribution in [3.63, 3.8) is 0 Å². The molecule has 7 heteroatoms. The maximum atomic E-state index is 12.6. The largest absolute Gasteiger partial charge is 0.462 e. The van der Waals surface area contributed by atoms with Crippen molar-refractivity contribution in [2.75, 3.05) is 57.0 Å². The Morgan fingerprint density at radius 1 is 1.14 bits per heavy atom. The Labute approximate surface area is 177 Å². The molecule has 3 heterocycles. The smallest absolute Gasteiger partial charge is 0.312 e. The lowest BCUT2D eigenvalue weighted by Crippen LogP contribution is -2.47. The molecule has 1 aromatic carbocycles. The van der Waals surface area contributed by atoms with Crippen LogP contribution in [0.5, 0.6) is 0 Å². The van der Waals surface area contributed by atoms with Crippen LogP contribution in [-0.2, 0) is 9.53 Å². The van der Waals surface area contributed by atoms with Gasteiger partial charge in [-0.05, 0) is 49.8 Å². The minimum Gasteiger partial charge on any atom is -0.462 e. The molecule has 0 saturated carbocycles. The molecule has 0 aromatic heterocycles. The average Bonchev–Trinajstić information content (AvgIpc) is 3.08. The first-order valence-electron chi connectivity index (χ1n) is 10.6. The molecule has 1 spiro atoms. The lowest BCUT2D eigenvalue weighted by molar-refractivity contribution is -0.150. The summed E-state index contributed by atoms with van der Waals surface area (Å²) in [6, 6.07) is 10.0. The van der Waals surface area contributed by atoms with Gasteiger partial charge in [0.2, 0.25) is 0 Å². The van der Waals surface area contributed by atoms with Crippen LogP contribution in [-0.4, -0.2) is 73.3 Å². The molecular formula is C22H30N4O2S. The van der Waals surface area contributed by atoms with E-state index in [9.17, 15) is 4.79 Å². The van der Waals surface area contributed by atoms with Crippen molar-refractivity contribution in [3.8, 4) is 6.07 Å². The Morgan fingerprint density at radius 3 is 2.45 bits per heavy atom. The number of rotatable bonds is 5. The quantitative estimate of drug-likeness (QED) is 0.542. The van der Waals surface area contributed by atoms with Gasteiger partial charge in [-0.1, -0.05) is 11.9 Å². The van der Waals surface area contributed by atoms with Gasteiger partial charge in [0.1, 0.15) is 6.10 Å². The van der Waals surface area contributed by atoms with Crippen molar-refractivity contribution in [1.82, 2.24) is 9.21 Å². The number of hydrogen-bond donors (Lipinski definition) is 0. The summed E-state index contributed by atoms with van der Waals surface area (Å²) in [6.45, 7) is 6.99. The summed E-state index contributed by atoms with van der Waals surface area (Å²) in [6.07, 6.45) is 5.91. The normalized spacial score (nSPS) is 25.2. The maximum Gasteiger partial charge on any atom is 0.312 e. The minimum atomic E-state index is -0.217. The van der Waals surface area contributed by atoms with Crippen molar-refractivity contribution >= 4 is 23.6 Å². The first-order valence-corrected chi connectivity index (χ1v) is 11.8. The molecule has 3 aliphatic heterocycles. The van der Waals surface area contributed by atoms with E-state index in [1.54, 1.807) is 11.9 Å². The molecule has 0 aliphatic carbocycles. The summed E-state index contributed by atoms with van der Waals surface area (Å²) in [7, 11) is 0. The number of piperidine rings is 1. The minimum absolute atomic E-state index is 0.0499. The van der Waals surface area contributed by atoms with Crippen LogP contribution >= 0.6 is 11.9 Å². The number of carbonyl (C=O) groups is 1. The van der Waals surface area contributed by atoms with Crippen LogP contribution < -0.4 is 4.90 Å². The summed E-state index contributed by atoms with van der Waals surface area (Å²) in [4.78, 5) is 17.4. The van der Waals surface area contributed by atoms with E-state index in [-0.39, 0.29) is 17.5 Å². The number of benzene rings is 1. The van der Waals surface area contributed by atoms with Crippen molar-refractivity contribution < 1.29 is 9.53 Å². The van der Waals surface area contributed by atoms with Crippen LogP contribution in [0.2, 0.25) is 0 Å². The highest BCUT2D eigenvalue weighted by Gasteiger charge is 2.50. The molecule has 1 atom stereocenters. The van der Waals surface area contributed by atoms with Gasteiger partial charge in [-0.15, -0.1) is 0 Å². The SMILES string of the molecule is CSN1CCC2(CC1)CC(CCN1CCN(c3ccc(C#N)cc3)CC1)OC2=O. The van der Waals surface area contributed by atoms with Crippen molar-refractivity contribution in [1.29, 1.82) is 5.26 Å². The predicted octanol–water partition coefficient (Wildman–Crippen LogP) is 2.75. The van der Waals surface area contributed by atoms with Gasteiger partial charge in [-0.25, -0.2) is 0 Å². The standard InChI is InChI=1S/C22H30N4O2S/c1-29-26-10-7-22(8-11-26)16-20(28-21(22)27)6-9-24-12-14-25(15-13-24)19-4-2-18(17-23)3-5-19/h2-5,20H,6-16H2,1H3. The third kappa shape index (κ3) is 4.55. The average molecular weight is 415 g/mol. The molecule has 29 heavy (non-hydrogen) atoms. The number of ether oxygens (including phenoxy) is 1. The fraction of sp³-hybridized carbons (Fsp3) is 0.636. The van der Waals surface area contributed by atoms with E-state index < -0.39 is 0 Å². The van der Waals surface area contributed by atoms with E-state index in [2.05, 4.69) is 26.4 Å². The number of carbonyl (C=O) groups excluding carboxylic acids is 1. The van der Waals surface area contributed by atoms with Gasteiger partial charge in [0.25, 0.3) is 0 Å². The van der Waals surface area contributed by atoms with E-state index in [4.69, 9.17) is 10.00 Å². The van der Waals surface area contributed by atoms with Crippen LogP contribution in [0, 0.1) is 16.7 Å². The predicted molar refractivity (Wildman–Crippen MR) is 116 cm³/mol. The Bertz CT molecular complexity index is 747. The van der Waals surface area contributed by atoms with E-state index in [1.807, 2.05) is 24.3 Å². The number of piperazine rings is 1. The van der Waals surface area contributed by atoms with Gasteiger partial charge in [0, 0.05) is 57.9 Å². The van der Waals surface area contributed by atoms with Crippen LogP contribution in [0.3, 0.4) is 0 Å². The van der Waals surface area contributed by atoms with Crippen molar-refractivity contribution in [2.24, 2.45) is 5.41 Å². The first kappa shape index (κ1) is 20.5. The summed E-state index contributed by atoms with van der Waals surface area (Å²) >= 11 is 1.78. The molecule has 3 fully saturated rings. The Morgan fingerprint density at radius 2 is 1.83 bits per heavy atom. The highest BCUT2D eigenvalue weighted by molar-refractivity contribution is 7.96. The zero-order valence-electron chi connectivity index (χ0n) is 17.2. The molecule has 156 valence electrons. The number of hydrogen-bond acceptors (Lipinski definition) is 7. The van der Waals surface area contributed by atoms with E-state index in [1.165, 1.54) is 5.69 Å². The van der Waals surface area contributed by atoms with Gasteiger partial charge < -0.3 is 9.64 Å². The first-order chi connectivity index (χ1) is 14.1. The molecule has 1 aromatic rings. The monoisotopic (exact) mass is 414 g/mol. The maximum absolute atomic E-state index is 12.6. The number of nitriles is 1. The number of nitrogens with zero attached hydrogens (tertiary/aromatic N) is 4. The zero-order chi connectivity index (χ0) is 20.3.